The van der Waals surface area contributed by atoms with E-state index in [-0.39, 0.29) is 28.8 Å². The van der Waals surface area contributed by atoms with Crippen LogP contribution in [0.1, 0.15) is 36.6 Å². The second-order valence-electron chi connectivity index (χ2n) is 6.37. The van der Waals surface area contributed by atoms with Gasteiger partial charge in [0.1, 0.15) is 5.75 Å². The van der Waals surface area contributed by atoms with E-state index in [0.717, 1.165) is 23.1 Å². The van der Waals surface area contributed by atoms with Gasteiger partial charge in [0.05, 0.1) is 21.6 Å². The number of amides is 2. The number of benzene rings is 3. The van der Waals surface area contributed by atoms with Crippen LogP contribution in [0, 0.1) is 10.1 Å². The third kappa shape index (κ3) is 3.93. The monoisotopic (exact) mass is 404 g/mol. The molecule has 1 heterocycles. The molecule has 0 radical (unpaired) electrons. The van der Waals surface area contributed by atoms with Crippen LogP contribution in [0.5, 0.6) is 5.75 Å². The third-order valence-corrected chi connectivity index (χ3v) is 4.47. The Balaban J connectivity index is 0.000000184. The Morgan fingerprint density at radius 1 is 0.900 bits per heavy atom. The SMILES string of the molecule is CN1C(=O)c2ccccc2C1=O.O=C(c1ccccc1)c1cc([N+](=O)[O-])ccc1O. The molecule has 1 N–H and O–H groups in total. The molecule has 0 aliphatic carbocycles. The number of fused-ring (bicyclic) bond motifs is 1. The molecule has 150 valence electrons. The number of imide groups is 1. The molecule has 0 saturated heterocycles. The van der Waals surface area contributed by atoms with Crippen molar-refractivity contribution in [2.24, 2.45) is 0 Å². The normalized spacial score (nSPS) is 12.1. The quantitative estimate of drug-likeness (QED) is 0.309. The average molecular weight is 404 g/mol. The lowest BCUT2D eigenvalue weighted by atomic mass is 10.0. The molecule has 2 amide bonds. The second-order valence-corrected chi connectivity index (χ2v) is 6.37. The molecule has 1 aliphatic rings. The maximum atomic E-state index is 12.1. The Kier molecular flexibility index (Phi) is 5.68. The first kappa shape index (κ1) is 20.4. The van der Waals surface area contributed by atoms with E-state index in [0.29, 0.717) is 16.7 Å². The molecule has 0 saturated carbocycles. The first-order valence-corrected chi connectivity index (χ1v) is 8.80. The van der Waals surface area contributed by atoms with Crippen LogP contribution in [-0.4, -0.2) is 39.6 Å². The summed E-state index contributed by atoms with van der Waals surface area (Å²) in [5, 5.41) is 20.2. The number of nitrogens with zero attached hydrogens (tertiary/aromatic N) is 2. The summed E-state index contributed by atoms with van der Waals surface area (Å²) in [5.74, 6) is -1.14. The number of aromatic hydroxyl groups is 1. The smallest absolute Gasteiger partial charge is 0.270 e. The topological polar surface area (TPSA) is 118 Å². The van der Waals surface area contributed by atoms with Gasteiger partial charge >= 0.3 is 0 Å². The first-order chi connectivity index (χ1) is 14.3. The predicted molar refractivity (Wildman–Crippen MR) is 108 cm³/mol. The van der Waals surface area contributed by atoms with Crippen LogP contribution in [0.4, 0.5) is 5.69 Å². The zero-order chi connectivity index (χ0) is 21.8. The van der Waals surface area contributed by atoms with Crippen molar-refractivity contribution in [3.05, 3.63) is 105 Å². The number of non-ortho nitro benzene ring substituents is 1. The highest BCUT2D eigenvalue weighted by Gasteiger charge is 2.31. The summed E-state index contributed by atoms with van der Waals surface area (Å²) in [5.41, 5.74) is 1.07. The molecule has 30 heavy (non-hydrogen) atoms. The van der Waals surface area contributed by atoms with Crippen molar-refractivity contribution < 1.29 is 24.4 Å². The number of carbonyl (C=O) groups excluding carboxylic acids is 3. The molecule has 0 fully saturated rings. The Hall–Kier alpha value is -4.33. The number of ketones is 1. The lowest BCUT2D eigenvalue weighted by Crippen LogP contribution is -2.24. The number of nitro benzene ring substituents is 1. The van der Waals surface area contributed by atoms with Crippen LogP contribution in [0.25, 0.3) is 0 Å². The zero-order valence-corrected chi connectivity index (χ0v) is 15.8. The van der Waals surface area contributed by atoms with Gasteiger partial charge < -0.3 is 5.11 Å². The summed E-state index contributed by atoms with van der Waals surface area (Å²) >= 11 is 0. The van der Waals surface area contributed by atoms with E-state index in [1.54, 1.807) is 54.6 Å². The van der Waals surface area contributed by atoms with Gasteiger partial charge in [0.25, 0.3) is 17.5 Å². The highest BCUT2D eigenvalue weighted by Crippen LogP contribution is 2.25. The van der Waals surface area contributed by atoms with Crippen molar-refractivity contribution in [3.8, 4) is 5.75 Å². The predicted octanol–water partition coefficient (Wildman–Crippen LogP) is 3.44. The second kappa shape index (κ2) is 8.36. The minimum atomic E-state index is -0.610. The number of nitro groups is 1. The van der Waals surface area contributed by atoms with Gasteiger partial charge in [0, 0.05) is 24.7 Å². The van der Waals surface area contributed by atoms with Gasteiger partial charge in [-0.05, 0) is 18.2 Å². The molecule has 0 atom stereocenters. The molecule has 1 aliphatic heterocycles. The van der Waals surface area contributed by atoms with Gasteiger partial charge in [-0.1, -0.05) is 42.5 Å². The van der Waals surface area contributed by atoms with Crippen molar-refractivity contribution in [1.82, 2.24) is 4.90 Å². The van der Waals surface area contributed by atoms with Crippen LogP contribution in [-0.2, 0) is 0 Å². The molecule has 3 aromatic rings. The number of hydrogen-bond donors (Lipinski definition) is 1. The minimum Gasteiger partial charge on any atom is -0.507 e. The van der Waals surface area contributed by atoms with Gasteiger partial charge in [-0.15, -0.1) is 0 Å². The fraction of sp³-hybridized carbons (Fsp3) is 0.0455. The summed E-state index contributed by atoms with van der Waals surface area (Å²) in [4.78, 5) is 45.8. The van der Waals surface area contributed by atoms with E-state index in [9.17, 15) is 29.6 Å². The first-order valence-electron chi connectivity index (χ1n) is 8.80. The Labute approximate surface area is 171 Å². The summed E-state index contributed by atoms with van der Waals surface area (Å²) in [6.07, 6.45) is 0. The van der Waals surface area contributed by atoms with Gasteiger partial charge in [-0.3, -0.25) is 29.4 Å². The van der Waals surface area contributed by atoms with Crippen molar-refractivity contribution in [1.29, 1.82) is 0 Å². The highest BCUT2D eigenvalue weighted by atomic mass is 16.6. The molecule has 0 bridgehead atoms. The molecular weight excluding hydrogens is 388 g/mol. The number of rotatable bonds is 3. The molecule has 8 heteroatoms. The lowest BCUT2D eigenvalue weighted by Gasteiger charge is -2.03. The van der Waals surface area contributed by atoms with Crippen molar-refractivity contribution in [2.75, 3.05) is 7.05 Å². The van der Waals surface area contributed by atoms with E-state index in [1.165, 1.54) is 7.05 Å². The van der Waals surface area contributed by atoms with E-state index in [4.69, 9.17) is 0 Å². The third-order valence-electron chi connectivity index (χ3n) is 4.47. The molecule has 4 rings (SSSR count). The maximum Gasteiger partial charge on any atom is 0.270 e. The van der Waals surface area contributed by atoms with E-state index in [2.05, 4.69) is 0 Å². The molecule has 3 aromatic carbocycles. The Bertz CT molecular complexity index is 1120. The highest BCUT2D eigenvalue weighted by molar-refractivity contribution is 6.21. The van der Waals surface area contributed by atoms with Gasteiger partial charge in [-0.2, -0.15) is 0 Å². The number of carbonyl (C=O) groups is 3. The molecular formula is C22H16N2O6. The summed E-state index contributed by atoms with van der Waals surface area (Å²) in [6.45, 7) is 0. The van der Waals surface area contributed by atoms with Crippen molar-refractivity contribution in [3.63, 3.8) is 0 Å². The van der Waals surface area contributed by atoms with Crippen molar-refractivity contribution in [2.45, 2.75) is 0 Å². The Morgan fingerprint density at radius 2 is 1.43 bits per heavy atom. The standard InChI is InChI=1S/C13H9NO4.C9H7NO2/c15-12-7-6-10(14(17)18)8-11(12)13(16)9-4-2-1-3-5-9;1-10-8(11)6-4-2-3-5-7(6)9(10)12/h1-8,15H;2-5H,1H3. The maximum absolute atomic E-state index is 12.1. The summed E-state index contributed by atoms with van der Waals surface area (Å²) in [6, 6.07) is 18.5. The fourth-order valence-electron chi connectivity index (χ4n) is 2.87. The molecule has 0 aromatic heterocycles. The van der Waals surface area contributed by atoms with Crippen LogP contribution < -0.4 is 0 Å². The average Bonchev–Trinajstić information content (AvgIpc) is 2.99. The van der Waals surface area contributed by atoms with Gasteiger partial charge in [-0.25, -0.2) is 0 Å². The van der Waals surface area contributed by atoms with Crippen LogP contribution in [0.3, 0.4) is 0 Å². The Morgan fingerprint density at radius 3 is 1.97 bits per heavy atom. The van der Waals surface area contributed by atoms with E-state index >= 15 is 0 Å². The molecule has 0 unspecified atom stereocenters. The summed E-state index contributed by atoms with van der Waals surface area (Å²) in [7, 11) is 1.49. The van der Waals surface area contributed by atoms with Gasteiger partial charge in [0.15, 0.2) is 5.78 Å². The van der Waals surface area contributed by atoms with Crippen LogP contribution >= 0.6 is 0 Å². The fourth-order valence-corrected chi connectivity index (χ4v) is 2.87. The zero-order valence-electron chi connectivity index (χ0n) is 15.8. The number of phenolic OH excluding ortho intramolecular Hbond substituents is 1. The van der Waals surface area contributed by atoms with E-state index < -0.39 is 10.7 Å². The van der Waals surface area contributed by atoms with Crippen LogP contribution in [0.15, 0.2) is 72.8 Å². The lowest BCUT2D eigenvalue weighted by molar-refractivity contribution is -0.384. The molecule has 8 nitrogen and oxygen atoms in total. The van der Waals surface area contributed by atoms with Gasteiger partial charge in [0.2, 0.25) is 0 Å². The number of hydrogen-bond acceptors (Lipinski definition) is 6. The van der Waals surface area contributed by atoms with E-state index in [1.807, 2.05) is 0 Å². The minimum absolute atomic E-state index is 0.0737. The molecule has 0 spiro atoms. The summed E-state index contributed by atoms with van der Waals surface area (Å²) < 4.78 is 0. The number of phenols is 1. The largest absolute Gasteiger partial charge is 0.507 e. The van der Waals surface area contributed by atoms with Crippen LogP contribution in [0.2, 0.25) is 0 Å². The van der Waals surface area contributed by atoms with Crippen molar-refractivity contribution >= 4 is 23.3 Å².